The number of fused-ring (bicyclic) bond motifs is 2. The SMILES string of the molecule is O=C(O)c1cc2cc(CN3CCC(c4c[nH]c5ccccc45)CC3)ccc2o1. The van der Waals surface area contributed by atoms with Gasteiger partial charge >= 0.3 is 5.97 Å². The number of para-hydroxylation sites is 1. The summed E-state index contributed by atoms with van der Waals surface area (Å²) in [5.74, 6) is -0.439. The first kappa shape index (κ1) is 17.1. The van der Waals surface area contributed by atoms with Crippen molar-refractivity contribution in [1.29, 1.82) is 0 Å². The number of likely N-dealkylation sites (tertiary alicyclic amines) is 1. The highest BCUT2D eigenvalue weighted by atomic mass is 16.4. The summed E-state index contributed by atoms with van der Waals surface area (Å²) in [5, 5.41) is 11.3. The lowest BCUT2D eigenvalue weighted by Gasteiger charge is -2.32. The second-order valence-corrected chi connectivity index (χ2v) is 7.63. The molecule has 0 aliphatic carbocycles. The lowest BCUT2D eigenvalue weighted by molar-refractivity contribution is 0.0665. The maximum Gasteiger partial charge on any atom is 0.371 e. The second-order valence-electron chi connectivity index (χ2n) is 7.63. The molecule has 5 nitrogen and oxygen atoms in total. The Labute approximate surface area is 162 Å². The van der Waals surface area contributed by atoms with Gasteiger partial charge in [-0.05, 0) is 67.2 Å². The Morgan fingerprint density at radius 2 is 1.96 bits per heavy atom. The van der Waals surface area contributed by atoms with Crippen LogP contribution >= 0.6 is 0 Å². The van der Waals surface area contributed by atoms with E-state index in [1.807, 2.05) is 18.2 Å². The molecular formula is C23H22N2O3. The monoisotopic (exact) mass is 374 g/mol. The van der Waals surface area contributed by atoms with Gasteiger partial charge in [0.05, 0.1) is 0 Å². The Hall–Kier alpha value is -3.05. The number of hydrogen-bond acceptors (Lipinski definition) is 3. The maximum atomic E-state index is 11.1. The number of nitrogens with one attached hydrogen (secondary N) is 1. The van der Waals surface area contributed by atoms with Crippen molar-refractivity contribution in [2.45, 2.75) is 25.3 Å². The van der Waals surface area contributed by atoms with Crippen LogP contribution in [0.15, 0.2) is 59.1 Å². The second kappa shape index (κ2) is 6.84. The van der Waals surface area contributed by atoms with Gasteiger partial charge in [0, 0.05) is 29.0 Å². The molecule has 0 amide bonds. The van der Waals surface area contributed by atoms with Gasteiger partial charge in [-0.25, -0.2) is 4.79 Å². The topological polar surface area (TPSA) is 69.5 Å². The fraction of sp³-hybridized carbons (Fsp3) is 0.261. The number of aromatic amines is 1. The van der Waals surface area contributed by atoms with Crippen molar-refractivity contribution in [3.05, 3.63) is 71.6 Å². The van der Waals surface area contributed by atoms with Gasteiger partial charge in [0.2, 0.25) is 5.76 Å². The molecule has 1 saturated heterocycles. The van der Waals surface area contributed by atoms with E-state index in [9.17, 15) is 4.79 Å². The molecule has 0 unspecified atom stereocenters. The first-order valence-electron chi connectivity index (χ1n) is 9.71. The van der Waals surface area contributed by atoms with Gasteiger partial charge in [-0.2, -0.15) is 0 Å². The van der Waals surface area contributed by atoms with Crippen molar-refractivity contribution in [2.24, 2.45) is 0 Å². The third kappa shape index (κ3) is 3.08. The van der Waals surface area contributed by atoms with Crippen LogP contribution < -0.4 is 0 Å². The van der Waals surface area contributed by atoms with Gasteiger partial charge in [0.25, 0.3) is 0 Å². The van der Waals surface area contributed by atoms with Crippen molar-refractivity contribution in [2.75, 3.05) is 13.1 Å². The van der Waals surface area contributed by atoms with Crippen LogP contribution in [0, 0.1) is 0 Å². The van der Waals surface area contributed by atoms with Crippen LogP contribution in [-0.4, -0.2) is 34.0 Å². The summed E-state index contributed by atoms with van der Waals surface area (Å²) in [4.78, 5) is 17.0. The number of aromatic nitrogens is 1. The first-order valence-corrected chi connectivity index (χ1v) is 9.71. The van der Waals surface area contributed by atoms with E-state index in [4.69, 9.17) is 9.52 Å². The number of hydrogen-bond donors (Lipinski definition) is 2. The van der Waals surface area contributed by atoms with Crippen LogP contribution in [0.25, 0.3) is 21.9 Å². The number of benzene rings is 2. The smallest absolute Gasteiger partial charge is 0.371 e. The van der Waals surface area contributed by atoms with Crippen LogP contribution in [0.3, 0.4) is 0 Å². The molecule has 0 spiro atoms. The molecule has 0 saturated carbocycles. The van der Waals surface area contributed by atoms with Crippen LogP contribution in [0.5, 0.6) is 0 Å². The van der Waals surface area contributed by atoms with Crippen molar-refractivity contribution >= 4 is 27.8 Å². The fourth-order valence-electron chi connectivity index (χ4n) is 4.39. The zero-order valence-electron chi connectivity index (χ0n) is 15.5. The lowest BCUT2D eigenvalue weighted by atomic mass is 9.89. The Morgan fingerprint density at radius 3 is 2.79 bits per heavy atom. The molecular weight excluding hydrogens is 352 g/mol. The number of H-pyrrole nitrogens is 1. The molecule has 5 rings (SSSR count). The average Bonchev–Trinajstić information content (AvgIpc) is 3.32. The highest BCUT2D eigenvalue weighted by Gasteiger charge is 2.23. The number of aromatic carboxylic acids is 1. The van der Waals surface area contributed by atoms with Gasteiger partial charge in [0.15, 0.2) is 0 Å². The molecule has 3 heterocycles. The molecule has 1 aliphatic heterocycles. The summed E-state index contributed by atoms with van der Waals surface area (Å²) >= 11 is 0. The number of carboxylic acids is 1. The lowest BCUT2D eigenvalue weighted by Crippen LogP contribution is -2.32. The Morgan fingerprint density at radius 1 is 1.14 bits per heavy atom. The minimum Gasteiger partial charge on any atom is -0.475 e. The summed E-state index contributed by atoms with van der Waals surface area (Å²) in [6, 6.07) is 16.1. The molecule has 0 bridgehead atoms. The number of rotatable bonds is 4. The first-order chi connectivity index (χ1) is 13.7. The summed E-state index contributed by atoms with van der Waals surface area (Å²) in [5.41, 5.74) is 4.47. The van der Waals surface area contributed by atoms with E-state index in [2.05, 4.69) is 40.3 Å². The fourth-order valence-corrected chi connectivity index (χ4v) is 4.39. The summed E-state index contributed by atoms with van der Waals surface area (Å²) in [6.45, 7) is 3.01. The zero-order valence-corrected chi connectivity index (χ0v) is 15.5. The van der Waals surface area contributed by atoms with Gasteiger partial charge in [-0.3, -0.25) is 4.90 Å². The molecule has 2 N–H and O–H groups in total. The molecule has 28 heavy (non-hydrogen) atoms. The number of piperidine rings is 1. The predicted octanol–water partition coefficient (Wildman–Crippen LogP) is 4.99. The highest BCUT2D eigenvalue weighted by Crippen LogP contribution is 2.33. The maximum absolute atomic E-state index is 11.1. The highest BCUT2D eigenvalue weighted by molar-refractivity contribution is 5.91. The standard InChI is InChI=1S/C23H22N2O3/c26-23(27)22-12-17-11-15(5-6-21(17)28-22)14-25-9-7-16(8-10-25)19-13-24-20-4-2-1-3-18(19)20/h1-6,11-13,16,24H,7-10,14H2,(H,26,27). The number of carbonyl (C=O) groups is 1. The normalized spacial score (nSPS) is 16.1. The van der Waals surface area contributed by atoms with Crippen molar-refractivity contribution in [1.82, 2.24) is 9.88 Å². The van der Waals surface area contributed by atoms with Crippen LogP contribution in [-0.2, 0) is 6.54 Å². The Kier molecular flexibility index (Phi) is 4.17. The molecule has 1 aliphatic rings. The summed E-state index contributed by atoms with van der Waals surface area (Å²) in [6.07, 6.45) is 4.48. The van der Waals surface area contributed by atoms with Crippen molar-refractivity contribution < 1.29 is 14.3 Å². The molecule has 142 valence electrons. The largest absolute Gasteiger partial charge is 0.475 e. The predicted molar refractivity (Wildman–Crippen MR) is 109 cm³/mol. The van der Waals surface area contributed by atoms with Crippen molar-refractivity contribution in [3.8, 4) is 0 Å². The van der Waals surface area contributed by atoms with E-state index in [-0.39, 0.29) is 5.76 Å². The van der Waals surface area contributed by atoms with Gasteiger partial charge < -0.3 is 14.5 Å². The summed E-state index contributed by atoms with van der Waals surface area (Å²) < 4.78 is 5.35. The van der Waals surface area contributed by atoms with E-state index in [1.54, 1.807) is 6.07 Å². The van der Waals surface area contributed by atoms with Crippen LogP contribution in [0.4, 0.5) is 0 Å². The van der Waals surface area contributed by atoms with Gasteiger partial charge in [-0.15, -0.1) is 0 Å². The van der Waals surface area contributed by atoms with Crippen molar-refractivity contribution in [3.63, 3.8) is 0 Å². The molecule has 2 aromatic carbocycles. The minimum atomic E-state index is -1.03. The van der Waals surface area contributed by atoms with Crippen LogP contribution in [0.1, 0.15) is 40.4 Å². The number of nitrogens with zero attached hydrogens (tertiary/aromatic N) is 1. The zero-order chi connectivity index (χ0) is 19.1. The van der Waals surface area contributed by atoms with Gasteiger partial charge in [0.1, 0.15) is 5.58 Å². The Balaban J connectivity index is 1.27. The van der Waals surface area contributed by atoms with E-state index in [0.717, 1.165) is 37.9 Å². The minimum absolute atomic E-state index is 0.00769. The third-order valence-corrected chi connectivity index (χ3v) is 5.85. The van der Waals surface area contributed by atoms with E-state index >= 15 is 0 Å². The molecule has 0 atom stereocenters. The molecule has 4 aromatic rings. The van der Waals surface area contributed by atoms with Gasteiger partial charge in [-0.1, -0.05) is 24.3 Å². The molecule has 1 fully saturated rings. The summed E-state index contributed by atoms with van der Waals surface area (Å²) in [7, 11) is 0. The Bertz CT molecular complexity index is 1150. The quantitative estimate of drug-likeness (QED) is 0.528. The van der Waals surface area contributed by atoms with E-state index in [0.29, 0.717) is 11.5 Å². The third-order valence-electron chi connectivity index (χ3n) is 5.85. The molecule has 0 radical (unpaired) electrons. The van der Waals surface area contributed by atoms with E-state index < -0.39 is 5.97 Å². The van der Waals surface area contributed by atoms with E-state index in [1.165, 1.54) is 22.0 Å². The molecule has 5 heteroatoms. The molecule has 2 aromatic heterocycles. The van der Waals surface area contributed by atoms with Crippen LogP contribution in [0.2, 0.25) is 0 Å². The number of carboxylic acid groups (broad SMARTS) is 1. The average molecular weight is 374 g/mol. The number of furan rings is 1.